The number of fused-ring (bicyclic) bond motifs is 8. The highest BCUT2D eigenvalue weighted by atomic mass is 16.5. The standard InChI is InChI=1S/C32H26N4O2/c1-2-3-4-5-32(37)38-29-14-6-21(7-15-29)30-19-28-18-26-11-10-24(34-26)16-22-8-9-23(33-22)17-25-12-13-27(35-25)20-31(30)36-28/h4-20,33,36H,2-3H2,1H3. The highest BCUT2D eigenvalue weighted by Crippen LogP contribution is 2.29. The van der Waals surface area contributed by atoms with E-state index in [1.807, 2.05) is 91.0 Å². The van der Waals surface area contributed by atoms with Crippen molar-refractivity contribution in [2.24, 2.45) is 0 Å². The van der Waals surface area contributed by atoms with E-state index < -0.39 is 0 Å². The van der Waals surface area contributed by atoms with Crippen LogP contribution < -0.4 is 4.74 Å². The summed E-state index contributed by atoms with van der Waals surface area (Å²) in [4.78, 5) is 28.5. The van der Waals surface area contributed by atoms with Gasteiger partial charge in [-0.25, -0.2) is 14.8 Å². The summed E-state index contributed by atoms with van der Waals surface area (Å²) in [7, 11) is 0. The molecule has 0 aliphatic carbocycles. The van der Waals surface area contributed by atoms with Gasteiger partial charge in [-0.1, -0.05) is 31.6 Å². The molecular weight excluding hydrogens is 472 g/mol. The first-order chi connectivity index (χ1) is 18.6. The number of H-pyrrole nitrogens is 2. The van der Waals surface area contributed by atoms with E-state index in [1.54, 1.807) is 0 Å². The Labute approximate surface area is 220 Å². The number of nitrogens with one attached hydrogen (secondary N) is 2. The number of unbranched alkanes of at least 4 members (excludes halogenated alkanes) is 1. The molecular formula is C32H26N4O2. The van der Waals surface area contributed by atoms with Crippen molar-refractivity contribution in [3.05, 3.63) is 102 Å². The molecule has 1 aromatic carbocycles. The molecule has 0 fully saturated rings. The smallest absolute Gasteiger partial charge is 0.335 e. The predicted molar refractivity (Wildman–Crippen MR) is 154 cm³/mol. The van der Waals surface area contributed by atoms with Gasteiger partial charge in [-0.15, -0.1) is 0 Å². The van der Waals surface area contributed by atoms with Gasteiger partial charge < -0.3 is 14.7 Å². The SMILES string of the molecule is CCCC=CC(=O)Oc1ccc(-c2cc3cc4nc(cc5ccc(cc6nc(cc2[nH]3)C=C6)[nH]5)C=C4)cc1. The topological polar surface area (TPSA) is 83.7 Å². The van der Waals surface area contributed by atoms with Gasteiger partial charge in [-0.3, -0.25) is 0 Å². The Hall–Kier alpha value is -4.97. The fourth-order valence-corrected chi connectivity index (χ4v) is 4.46. The third kappa shape index (κ3) is 5.25. The largest absolute Gasteiger partial charge is 0.423 e. The molecule has 0 spiro atoms. The van der Waals surface area contributed by atoms with Gasteiger partial charge in [0.2, 0.25) is 0 Å². The molecule has 6 heteroatoms. The van der Waals surface area contributed by atoms with E-state index in [4.69, 9.17) is 14.7 Å². The van der Waals surface area contributed by atoms with E-state index in [0.717, 1.165) is 68.8 Å². The predicted octanol–water partition coefficient (Wildman–Crippen LogP) is 7.58. The van der Waals surface area contributed by atoms with Crippen molar-refractivity contribution in [3.8, 4) is 16.9 Å². The minimum Gasteiger partial charge on any atom is -0.423 e. The van der Waals surface area contributed by atoms with E-state index in [2.05, 4.69) is 23.0 Å². The van der Waals surface area contributed by atoms with Gasteiger partial charge in [0.15, 0.2) is 0 Å². The summed E-state index contributed by atoms with van der Waals surface area (Å²) < 4.78 is 5.44. The van der Waals surface area contributed by atoms with Gasteiger partial charge in [0, 0.05) is 33.7 Å². The maximum atomic E-state index is 12.0. The number of benzene rings is 1. The third-order valence-corrected chi connectivity index (χ3v) is 6.26. The van der Waals surface area contributed by atoms with Gasteiger partial charge in [-0.05, 0) is 90.9 Å². The quantitative estimate of drug-likeness (QED) is 0.146. The number of aromatic nitrogens is 4. The van der Waals surface area contributed by atoms with Crippen molar-refractivity contribution in [2.75, 3.05) is 0 Å². The number of ether oxygens (including phenoxy) is 1. The third-order valence-electron chi connectivity index (χ3n) is 6.26. The molecule has 5 heterocycles. The Morgan fingerprint density at radius 1 is 0.763 bits per heavy atom. The second-order valence-electron chi connectivity index (χ2n) is 9.22. The van der Waals surface area contributed by atoms with Gasteiger partial charge in [0.1, 0.15) is 5.75 Å². The summed E-state index contributed by atoms with van der Waals surface area (Å²) in [6.45, 7) is 2.07. The molecule has 4 aromatic rings. The molecule has 2 aliphatic rings. The number of carbonyl (C=O) groups excluding carboxylic acids is 1. The first-order valence-electron chi connectivity index (χ1n) is 12.7. The Morgan fingerprint density at radius 3 is 2.00 bits per heavy atom. The summed E-state index contributed by atoms with van der Waals surface area (Å²) in [5, 5.41) is 0. The zero-order chi connectivity index (χ0) is 25.9. The lowest BCUT2D eigenvalue weighted by molar-refractivity contribution is -0.129. The second-order valence-corrected chi connectivity index (χ2v) is 9.22. The number of carbonyl (C=O) groups is 1. The molecule has 0 atom stereocenters. The first kappa shape index (κ1) is 23.4. The monoisotopic (exact) mass is 498 g/mol. The van der Waals surface area contributed by atoms with Crippen molar-refractivity contribution in [3.63, 3.8) is 0 Å². The molecule has 3 aromatic heterocycles. The normalized spacial score (nSPS) is 12.3. The molecule has 2 aliphatic heterocycles. The van der Waals surface area contributed by atoms with Crippen LogP contribution in [0.15, 0.2) is 78.9 Å². The molecule has 186 valence electrons. The van der Waals surface area contributed by atoms with Gasteiger partial charge >= 0.3 is 5.97 Å². The van der Waals surface area contributed by atoms with Crippen LogP contribution in [-0.4, -0.2) is 25.9 Å². The lowest BCUT2D eigenvalue weighted by Crippen LogP contribution is -2.03. The molecule has 0 saturated heterocycles. The minimum atomic E-state index is -0.369. The second kappa shape index (κ2) is 10.2. The van der Waals surface area contributed by atoms with Crippen molar-refractivity contribution >= 4 is 52.3 Å². The summed E-state index contributed by atoms with van der Waals surface area (Å²) >= 11 is 0. The molecule has 6 rings (SSSR count). The fraction of sp³-hybridized carbons (Fsp3) is 0.0938. The van der Waals surface area contributed by atoms with E-state index in [1.165, 1.54) is 6.08 Å². The highest BCUT2D eigenvalue weighted by molar-refractivity contribution is 5.88. The first-order valence-corrected chi connectivity index (χ1v) is 12.7. The summed E-state index contributed by atoms with van der Waals surface area (Å²) in [6.07, 6.45) is 13.2. The van der Waals surface area contributed by atoms with Crippen molar-refractivity contribution in [2.45, 2.75) is 19.8 Å². The molecule has 38 heavy (non-hydrogen) atoms. The number of nitrogens with zero attached hydrogens (tertiary/aromatic N) is 2. The van der Waals surface area contributed by atoms with Crippen LogP contribution in [0.25, 0.3) is 57.5 Å². The maximum Gasteiger partial charge on any atom is 0.335 e. The molecule has 0 amide bonds. The number of rotatable bonds is 5. The highest BCUT2D eigenvalue weighted by Gasteiger charge is 2.08. The van der Waals surface area contributed by atoms with E-state index in [0.29, 0.717) is 5.75 Å². The van der Waals surface area contributed by atoms with Crippen molar-refractivity contribution in [1.82, 2.24) is 19.9 Å². The molecule has 8 bridgehead atoms. The van der Waals surface area contributed by atoms with Crippen LogP contribution in [-0.2, 0) is 4.79 Å². The number of hydrogen-bond donors (Lipinski definition) is 2. The van der Waals surface area contributed by atoms with Crippen LogP contribution in [0.2, 0.25) is 0 Å². The van der Waals surface area contributed by atoms with Gasteiger partial charge in [-0.2, -0.15) is 0 Å². The number of esters is 1. The minimum absolute atomic E-state index is 0.369. The van der Waals surface area contributed by atoms with Crippen molar-refractivity contribution in [1.29, 1.82) is 0 Å². The van der Waals surface area contributed by atoms with Crippen molar-refractivity contribution < 1.29 is 9.53 Å². The Morgan fingerprint density at radius 2 is 1.37 bits per heavy atom. The molecule has 0 unspecified atom stereocenters. The van der Waals surface area contributed by atoms with Crippen LogP contribution >= 0.6 is 0 Å². The van der Waals surface area contributed by atoms with Gasteiger partial charge in [0.05, 0.1) is 22.8 Å². The number of aromatic amines is 2. The van der Waals surface area contributed by atoms with Crippen LogP contribution in [0.3, 0.4) is 0 Å². The molecule has 2 N–H and O–H groups in total. The Kier molecular flexibility index (Phi) is 6.28. The van der Waals surface area contributed by atoms with E-state index in [9.17, 15) is 4.79 Å². The maximum absolute atomic E-state index is 12.0. The lowest BCUT2D eigenvalue weighted by Gasteiger charge is -2.03. The van der Waals surface area contributed by atoms with E-state index >= 15 is 0 Å². The van der Waals surface area contributed by atoms with Crippen LogP contribution in [0.5, 0.6) is 5.75 Å². The Bertz CT molecular complexity index is 1770. The van der Waals surface area contributed by atoms with Crippen LogP contribution in [0.1, 0.15) is 42.5 Å². The number of allylic oxidation sites excluding steroid dienone is 1. The summed E-state index contributed by atoms with van der Waals surface area (Å²) in [5.41, 5.74) is 9.33. The van der Waals surface area contributed by atoms with Crippen LogP contribution in [0.4, 0.5) is 0 Å². The fourth-order valence-electron chi connectivity index (χ4n) is 4.46. The average molecular weight is 499 g/mol. The summed E-state index contributed by atoms with van der Waals surface area (Å²) in [6, 6.07) is 21.8. The summed E-state index contributed by atoms with van der Waals surface area (Å²) in [5.74, 6) is 0.139. The zero-order valence-corrected chi connectivity index (χ0v) is 20.9. The average Bonchev–Trinajstić information content (AvgIpc) is 3.70. The lowest BCUT2D eigenvalue weighted by atomic mass is 10.1. The Balaban J connectivity index is 1.44. The van der Waals surface area contributed by atoms with Gasteiger partial charge in [0.25, 0.3) is 0 Å². The zero-order valence-electron chi connectivity index (χ0n) is 20.9. The molecule has 0 radical (unpaired) electrons. The number of hydrogen-bond acceptors (Lipinski definition) is 4. The van der Waals surface area contributed by atoms with E-state index in [-0.39, 0.29) is 5.97 Å². The molecule has 6 nitrogen and oxygen atoms in total. The molecule has 0 saturated carbocycles. The van der Waals surface area contributed by atoms with Crippen LogP contribution in [0, 0.1) is 0 Å².